The Bertz CT molecular complexity index is 1030. The lowest BCUT2D eigenvalue weighted by Gasteiger charge is -2.14. The molecule has 0 spiro atoms. The van der Waals surface area contributed by atoms with Crippen molar-refractivity contribution in [3.05, 3.63) is 63.6 Å². The molecule has 29 heavy (non-hydrogen) atoms. The maximum Gasteiger partial charge on any atom is 0.328 e. The molecule has 1 saturated heterocycles. The largest absolute Gasteiger partial charge is 0.483 e. The molecule has 0 aliphatic carbocycles. The number of anilines is 1. The Labute approximate surface area is 174 Å². The predicted molar refractivity (Wildman–Crippen MR) is 109 cm³/mol. The van der Waals surface area contributed by atoms with E-state index in [2.05, 4.69) is 21.2 Å². The van der Waals surface area contributed by atoms with E-state index >= 15 is 0 Å². The molecule has 1 aliphatic heterocycles. The number of aryl methyl sites for hydroxylation is 1. The van der Waals surface area contributed by atoms with Crippen LogP contribution in [0, 0.1) is 6.92 Å². The first-order valence-electron chi connectivity index (χ1n) is 8.49. The van der Waals surface area contributed by atoms with E-state index in [9.17, 15) is 19.2 Å². The lowest BCUT2D eigenvalue weighted by molar-refractivity contribution is -0.124. The summed E-state index contributed by atoms with van der Waals surface area (Å²) in [6, 6.07) is 11.4. The van der Waals surface area contributed by atoms with Gasteiger partial charge in [-0.25, -0.2) is 4.79 Å². The lowest BCUT2D eigenvalue weighted by Crippen LogP contribution is -2.51. The molecule has 0 saturated carbocycles. The number of benzene rings is 2. The average Bonchev–Trinajstić information content (AvgIpc) is 2.66. The molecular weight excluding hydrogens is 442 g/mol. The molecule has 0 unspecified atom stereocenters. The van der Waals surface area contributed by atoms with Crippen molar-refractivity contribution in [2.24, 2.45) is 0 Å². The first kappa shape index (κ1) is 20.3. The number of para-hydroxylation sites is 1. The molecular formula is C20H16BrN3O5. The third kappa shape index (κ3) is 5.08. The van der Waals surface area contributed by atoms with Gasteiger partial charge in [0.15, 0.2) is 6.61 Å². The van der Waals surface area contributed by atoms with Crippen LogP contribution in [-0.4, -0.2) is 30.4 Å². The van der Waals surface area contributed by atoms with Gasteiger partial charge >= 0.3 is 6.03 Å². The van der Waals surface area contributed by atoms with Crippen LogP contribution in [0.4, 0.5) is 10.5 Å². The highest BCUT2D eigenvalue weighted by Crippen LogP contribution is 2.27. The summed E-state index contributed by atoms with van der Waals surface area (Å²) in [6.45, 7) is 1.70. The fourth-order valence-electron chi connectivity index (χ4n) is 2.54. The molecule has 1 aliphatic rings. The van der Waals surface area contributed by atoms with Crippen LogP contribution in [0.2, 0.25) is 0 Å². The number of nitrogens with one attached hydrogen (secondary N) is 3. The Morgan fingerprint density at radius 3 is 2.45 bits per heavy atom. The standard InChI is InChI=1S/C20H16BrN3O5/c1-11-4-2-3-5-15(11)22-17(25)10-29-16-7-6-12(9-14(16)21)8-13-18(26)23-20(28)24-19(13)27/h2-9H,10H2,1H3,(H,22,25)(H2,23,24,26,27,28). The fourth-order valence-corrected chi connectivity index (χ4v) is 3.05. The molecule has 3 rings (SSSR count). The van der Waals surface area contributed by atoms with Crippen LogP contribution in [0.25, 0.3) is 6.08 Å². The van der Waals surface area contributed by atoms with Crippen LogP contribution in [0.5, 0.6) is 5.75 Å². The Hall–Kier alpha value is -3.46. The molecule has 0 aromatic heterocycles. The zero-order valence-corrected chi connectivity index (χ0v) is 16.8. The molecule has 8 nitrogen and oxygen atoms in total. The number of halogens is 1. The van der Waals surface area contributed by atoms with Gasteiger partial charge in [-0.3, -0.25) is 25.0 Å². The van der Waals surface area contributed by atoms with Gasteiger partial charge in [0.05, 0.1) is 4.47 Å². The molecule has 0 radical (unpaired) electrons. The summed E-state index contributed by atoms with van der Waals surface area (Å²) >= 11 is 3.34. The second-order valence-electron chi connectivity index (χ2n) is 6.14. The van der Waals surface area contributed by atoms with Crippen LogP contribution in [0.3, 0.4) is 0 Å². The third-order valence-corrected chi connectivity index (χ3v) is 4.61. The Morgan fingerprint density at radius 1 is 1.10 bits per heavy atom. The van der Waals surface area contributed by atoms with Crippen LogP contribution in [0.1, 0.15) is 11.1 Å². The molecule has 0 bridgehead atoms. The third-order valence-electron chi connectivity index (χ3n) is 3.99. The van der Waals surface area contributed by atoms with Crippen molar-refractivity contribution in [1.82, 2.24) is 10.6 Å². The van der Waals surface area contributed by atoms with Crippen LogP contribution >= 0.6 is 15.9 Å². The highest BCUT2D eigenvalue weighted by molar-refractivity contribution is 9.10. The molecule has 2 aromatic carbocycles. The maximum absolute atomic E-state index is 12.1. The van der Waals surface area contributed by atoms with Crippen molar-refractivity contribution < 1.29 is 23.9 Å². The molecule has 9 heteroatoms. The predicted octanol–water partition coefficient (Wildman–Crippen LogP) is 2.52. The number of rotatable bonds is 5. The number of urea groups is 1. The molecule has 2 aromatic rings. The smallest absolute Gasteiger partial charge is 0.328 e. The first-order chi connectivity index (χ1) is 13.8. The summed E-state index contributed by atoms with van der Waals surface area (Å²) < 4.78 is 6.06. The highest BCUT2D eigenvalue weighted by atomic mass is 79.9. The number of hydrogen-bond donors (Lipinski definition) is 3. The molecule has 1 fully saturated rings. The summed E-state index contributed by atoms with van der Waals surface area (Å²) in [5.41, 5.74) is 1.99. The average molecular weight is 458 g/mol. The van der Waals surface area contributed by atoms with Crippen LogP contribution < -0.4 is 20.7 Å². The minimum atomic E-state index is -0.856. The first-order valence-corrected chi connectivity index (χ1v) is 9.29. The lowest BCUT2D eigenvalue weighted by atomic mass is 10.1. The number of imide groups is 2. The van der Waals surface area contributed by atoms with Crippen molar-refractivity contribution >= 4 is 51.4 Å². The van der Waals surface area contributed by atoms with Crippen molar-refractivity contribution in [3.63, 3.8) is 0 Å². The van der Waals surface area contributed by atoms with Gasteiger partial charge in [0.25, 0.3) is 17.7 Å². The minimum absolute atomic E-state index is 0.192. The topological polar surface area (TPSA) is 114 Å². The zero-order valence-electron chi connectivity index (χ0n) is 15.2. The van der Waals surface area contributed by atoms with Gasteiger partial charge in [-0.15, -0.1) is 0 Å². The fraction of sp³-hybridized carbons (Fsp3) is 0.100. The van der Waals surface area contributed by atoms with Crippen molar-refractivity contribution in [2.45, 2.75) is 6.92 Å². The van der Waals surface area contributed by atoms with Gasteiger partial charge < -0.3 is 10.1 Å². The van der Waals surface area contributed by atoms with E-state index in [0.717, 1.165) is 5.56 Å². The molecule has 1 heterocycles. The molecule has 5 amide bonds. The molecule has 0 atom stereocenters. The van der Waals surface area contributed by atoms with Gasteiger partial charge in [0, 0.05) is 5.69 Å². The SMILES string of the molecule is Cc1ccccc1NC(=O)COc1ccc(C=C2C(=O)NC(=O)NC2=O)cc1Br. The second kappa shape index (κ2) is 8.70. The highest BCUT2D eigenvalue weighted by Gasteiger charge is 2.27. The minimum Gasteiger partial charge on any atom is -0.483 e. The van der Waals surface area contributed by atoms with Crippen molar-refractivity contribution in [2.75, 3.05) is 11.9 Å². The van der Waals surface area contributed by atoms with E-state index < -0.39 is 17.8 Å². The van der Waals surface area contributed by atoms with Gasteiger partial charge in [-0.2, -0.15) is 0 Å². The monoisotopic (exact) mass is 457 g/mol. The van der Waals surface area contributed by atoms with E-state index in [0.29, 0.717) is 21.5 Å². The quantitative estimate of drug-likeness (QED) is 0.471. The van der Waals surface area contributed by atoms with Crippen molar-refractivity contribution in [1.29, 1.82) is 0 Å². The van der Waals surface area contributed by atoms with Crippen LogP contribution in [0.15, 0.2) is 52.5 Å². The maximum atomic E-state index is 12.1. The Kier molecular flexibility index (Phi) is 6.08. The zero-order chi connectivity index (χ0) is 21.0. The summed E-state index contributed by atoms with van der Waals surface area (Å²) in [4.78, 5) is 46.8. The number of carbonyl (C=O) groups excluding carboxylic acids is 4. The van der Waals surface area contributed by atoms with Gasteiger partial charge in [-0.1, -0.05) is 24.3 Å². The Balaban J connectivity index is 1.65. The van der Waals surface area contributed by atoms with Crippen LogP contribution in [-0.2, 0) is 14.4 Å². The van der Waals surface area contributed by atoms with E-state index in [-0.39, 0.29) is 18.1 Å². The number of carbonyl (C=O) groups is 4. The normalized spacial score (nSPS) is 13.4. The summed E-state index contributed by atoms with van der Waals surface area (Å²) in [5, 5.41) is 6.78. The van der Waals surface area contributed by atoms with Gasteiger partial charge in [0.2, 0.25) is 0 Å². The van der Waals surface area contributed by atoms with E-state index in [1.807, 2.05) is 35.8 Å². The summed E-state index contributed by atoms with van der Waals surface area (Å²) in [5.74, 6) is -1.44. The summed E-state index contributed by atoms with van der Waals surface area (Å²) in [6.07, 6.45) is 1.34. The number of amides is 5. The second-order valence-corrected chi connectivity index (χ2v) is 6.99. The number of ether oxygens (including phenoxy) is 1. The van der Waals surface area contributed by atoms with Crippen molar-refractivity contribution in [3.8, 4) is 5.75 Å². The van der Waals surface area contributed by atoms with E-state index in [4.69, 9.17) is 4.74 Å². The molecule has 148 valence electrons. The van der Waals surface area contributed by atoms with E-state index in [1.54, 1.807) is 24.3 Å². The van der Waals surface area contributed by atoms with Gasteiger partial charge in [-0.05, 0) is 58.3 Å². The number of barbiturate groups is 1. The van der Waals surface area contributed by atoms with E-state index in [1.165, 1.54) is 6.08 Å². The number of hydrogen-bond acceptors (Lipinski definition) is 5. The molecule has 3 N–H and O–H groups in total. The van der Waals surface area contributed by atoms with Gasteiger partial charge in [0.1, 0.15) is 11.3 Å². The Morgan fingerprint density at radius 2 is 1.79 bits per heavy atom. The summed E-state index contributed by atoms with van der Waals surface area (Å²) in [7, 11) is 0.